The zero-order valence-electron chi connectivity index (χ0n) is 13.9. The van der Waals surface area contributed by atoms with E-state index in [1.54, 1.807) is 0 Å². The Morgan fingerprint density at radius 2 is 2.16 bits per heavy atom. The standard InChI is InChI=1S/C17H18FN5O2/c1-3-6-20-17(24)16-14(19)9-4-5-11(18)13(10(9)7-21-16)15-12(25-2)8-22-23-15/h4-5,7-8H,3,6,19H2,1-2H3,(H,20,24)(H,22,23). The lowest BCUT2D eigenvalue weighted by Crippen LogP contribution is -2.26. The summed E-state index contributed by atoms with van der Waals surface area (Å²) in [6.07, 6.45) is 3.69. The van der Waals surface area contributed by atoms with E-state index in [4.69, 9.17) is 10.5 Å². The van der Waals surface area contributed by atoms with Gasteiger partial charge < -0.3 is 15.8 Å². The van der Waals surface area contributed by atoms with Gasteiger partial charge in [0.15, 0.2) is 11.4 Å². The molecule has 0 saturated carbocycles. The van der Waals surface area contributed by atoms with Crippen molar-refractivity contribution >= 4 is 22.4 Å². The number of nitrogens with one attached hydrogen (secondary N) is 2. The minimum Gasteiger partial charge on any atom is -0.493 e. The fourth-order valence-corrected chi connectivity index (χ4v) is 2.65. The number of pyridine rings is 1. The normalized spacial score (nSPS) is 10.8. The van der Waals surface area contributed by atoms with Gasteiger partial charge in [0, 0.05) is 29.1 Å². The minimum absolute atomic E-state index is 0.120. The van der Waals surface area contributed by atoms with E-state index >= 15 is 0 Å². The van der Waals surface area contributed by atoms with Crippen molar-refractivity contribution in [2.45, 2.75) is 13.3 Å². The molecule has 2 aromatic heterocycles. The smallest absolute Gasteiger partial charge is 0.272 e. The Balaban J connectivity index is 2.19. The number of carbonyl (C=O) groups is 1. The number of nitrogens with two attached hydrogens (primary N) is 1. The number of nitrogen functional groups attached to an aromatic ring is 1. The number of halogens is 1. The number of amides is 1. The molecule has 0 bridgehead atoms. The number of ether oxygens (including phenoxy) is 1. The van der Waals surface area contributed by atoms with E-state index in [1.807, 2.05) is 6.92 Å². The maximum atomic E-state index is 14.5. The monoisotopic (exact) mass is 343 g/mol. The van der Waals surface area contributed by atoms with Crippen molar-refractivity contribution < 1.29 is 13.9 Å². The molecule has 8 heteroatoms. The molecule has 130 valence electrons. The summed E-state index contributed by atoms with van der Waals surface area (Å²) in [5.41, 5.74) is 7.08. The van der Waals surface area contributed by atoms with Crippen LogP contribution in [0.2, 0.25) is 0 Å². The first-order chi connectivity index (χ1) is 12.1. The van der Waals surface area contributed by atoms with Crippen LogP contribution < -0.4 is 15.8 Å². The molecule has 0 radical (unpaired) electrons. The molecule has 3 aromatic rings. The maximum absolute atomic E-state index is 14.5. The van der Waals surface area contributed by atoms with Gasteiger partial charge in [0.05, 0.1) is 19.0 Å². The first-order valence-corrected chi connectivity index (χ1v) is 7.81. The van der Waals surface area contributed by atoms with Gasteiger partial charge in [0.25, 0.3) is 5.91 Å². The van der Waals surface area contributed by atoms with Crippen molar-refractivity contribution in [1.29, 1.82) is 0 Å². The number of hydrogen-bond acceptors (Lipinski definition) is 5. The largest absolute Gasteiger partial charge is 0.493 e. The van der Waals surface area contributed by atoms with E-state index in [9.17, 15) is 9.18 Å². The topological polar surface area (TPSA) is 106 Å². The number of hydrogen-bond donors (Lipinski definition) is 3. The highest BCUT2D eigenvalue weighted by Crippen LogP contribution is 2.37. The van der Waals surface area contributed by atoms with Crippen LogP contribution in [0.3, 0.4) is 0 Å². The van der Waals surface area contributed by atoms with Gasteiger partial charge in [-0.3, -0.25) is 9.89 Å². The highest BCUT2D eigenvalue weighted by atomic mass is 19.1. The number of fused-ring (bicyclic) bond motifs is 1. The number of aromatic nitrogens is 3. The molecule has 0 spiro atoms. The quantitative estimate of drug-likeness (QED) is 0.660. The van der Waals surface area contributed by atoms with Crippen molar-refractivity contribution in [3.63, 3.8) is 0 Å². The third-order valence-electron chi connectivity index (χ3n) is 3.89. The van der Waals surface area contributed by atoms with Crippen molar-refractivity contribution in [1.82, 2.24) is 20.5 Å². The Kier molecular flexibility index (Phi) is 4.51. The van der Waals surface area contributed by atoms with Gasteiger partial charge in [-0.15, -0.1) is 0 Å². The molecule has 0 atom stereocenters. The molecule has 3 rings (SSSR count). The molecular weight excluding hydrogens is 325 g/mol. The molecule has 1 amide bonds. The number of anilines is 1. The second kappa shape index (κ2) is 6.76. The number of nitrogens with zero attached hydrogens (tertiary/aromatic N) is 2. The minimum atomic E-state index is -0.473. The van der Waals surface area contributed by atoms with Crippen LogP contribution in [0.1, 0.15) is 23.8 Å². The zero-order chi connectivity index (χ0) is 18.0. The number of carbonyl (C=O) groups excluding carboxylic acids is 1. The Morgan fingerprint density at radius 3 is 2.88 bits per heavy atom. The highest BCUT2D eigenvalue weighted by molar-refractivity contribution is 6.09. The van der Waals surface area contributed by atoms with Crippen LogP contribution >= 0.6 is 0 Å². The molecule has 0 fully saturated rings. The summed E-state index contributed by atoms with van der Waals surface area (Å²) in [7, 11) is 1.47. The van der Waals surface area contributed by atoms with Gasteiger partial charge in [0.2, 0.25) is 0 Å². The van der Waals surface area contributed by atoms with Gasteiger partial charge in [-0.05, 0) is 18.6 Å². The third kappa shape index (κ3) is 2.86. The predicted octanol–water partition coefficient (Wildman–Crippen LogP) is 2.49. The Morgan fingerprint density at radius 1 is 1.36 bits per heavy atom. The second-order valence-electron chi connectivity index (χ2n) is 5.47. The molecule has 0 unspecified atom stereocenters. The Bertz CT molecular complexity index is 938. The van der Waals surface area contributed by atoms with E-state index < -0.39 is 5.82 Å². The Hall–Kier alpha value is -3.16. The van der Waals surface area contributed by atoms with Crippen LogP contribution in [0.4, 0.5) is 10.1 Å². The molecule has 0 aliphatic rings. The third-order valence-corrected chi connectivity index (χ3v) is 3.89. The number of methoxy groups -OCH3 is 1. The van der Waals surface area contributed by atoms with Crippen LogP contribution in [0.5, 0.6) is 5.75 Å². The van der Waals surface area contributed by atoms with Crippen molar-refractivity contribution in [2.24, 2.45) is 0 Å². The summed E-state index contributed by atoms with van der Waals surface area (Å²) in [4.78, 5) is 16.3. The molecule has 2 heterocycles. The molecule has 0 aliphatic heterocycles. The van der Waals surface area contributed by atoms with Crippen LogP contribution in [0.15, 0.2) is 24.5 Å². The van der Waals surface area contributed by atoms with E-state index in [0.29, 0.717) is 28.8 Å². The molecule has 1 aromatic carbocycles. The van der Waals surface area contributed by atoms with Crippen LogP contribution in [0.25, 0.3) is 22.0 Å². The summed E-state index contributed by atoms with van der Waals surface area (Å²) in [5, 5.41) is 10.3. The molecule has 0 aliphatic carbocycles. The molecule has 7 nitrogen and oxygen atoms in total. The number of benzene rings is 1. The molecule has 4 N–H and O–H groups in total. The van der Waals surface area contributed by atoms with Gasteiger partial charge in [-0.2, -0.15) is 5.10 Å². The van der Waals surface area contributed by atoms with E-state index in [0.717, 1.165) is 6.42 Å². The summed E-state index contributed by atoms with van der Waals surface area (Å²) in [6.45, 7) is 2.47. The first-order valence-electron chi connectivity index (χ1n) is 7.81. The average Bonchev–Trinajstić information content (AvgIpc) is 3.08. The lowest BCUT2D eigenvalue weighted by molar-refractivity contribution is 0.0950. The second-order valence-corrected chi connectivity index (χ2v) is 5.47. The lowest BCUT2D eigenvalue weighted by atomic mass is 10.0. The summed E-state index contributed by atoms with van der Waals surface area (Å²) in [6, 6.07) is 2.83. The Labute approximate surface area is 143 Å². The zero-order valence-corrected chi connectivity index (χ0v) is 13.9. The number of aromatic amines is 1. The predicted molar refractivity (Wildman–Crippen MR) is 92.9 cm³/mol. The fourth-order valence-electron chi connectivity index (χ4n) is 2.65. The van der Waals surface area contributed by atoms with Crippen molar-refractivity contribution in [2.75, 3.05) is 19.4 Å². The van der Waals surface area contributed by atoms with Crippen molar-refractivity contribution in [3.8, 4) is 17.0 Å². The highest BCUT2D eigenvalue weighted by Gasteiger charge is 2.20. The van der Waals surface area contributed by atoms with Gasteiger partial charge >= 0.3 is 0 Å². The van der Waals surface area contributed by atoms with Crippen molar-refractivity contribution in [3.05, 3.63) is 36.0 Å². The van der Waals surface area contributed by atoms with Crippen LogP contribution in [0, 0.1) is 5.82 Å². The first kappa shape index (κ1) is 16.7. The molecule has 0 saturated heterocycles. The molecule has 25 heavy (non-hydrogen) atoms. The fraction of sp³-hybridized carbons (Fsp3) is 0.235. The number of rotatable bonds is 5. The van der Waals surface area contributed by atoms with E-state index in [-0.39, 0.29) is 22.9 Å². The lowest BCUT2D eigenvalue weighted by Gasteiger charge is -2.12. The molecular formula is C17H18FN5O2. The summed E-state index contributed by atoms with van der Waals surface area (Å²) < 4.78 is 19.7. The van der Waals surface area contributed by atoms with Gasteiger partial charge in [-0.25, -0.2) is 9.37 Å². The average molecular weight is 343 g/mol. The van der Waals surface area contributed by atoms with Crippen LogP contribution in [-0.2, 0) is 0 Å². The SMILES string of the molecule is CCCNC(=O)c1ncc2c(-c3[nH]ncc3OC)c(F)ccc2c1N. The number of H-pyrrole nitrogens is 1. The van der Waals surface area contributed by atoms with Gasteiger partial charge in [0.1, 0.15) is 11.5 Å². The van der Waals surface area contributed by atoms with E-state index in [2.05, 4.69) is 20.5 Å². The maximum Gasteiger partial charge on any atom is 0.272 e. The summed E-state index contributed by atoms with van der Waals surface area (Å²) in [5.74, 6) is -0.430. The van der Waals surface area contributed by atoms with Crippen LogP contribution in [-0.4, -0.2) is 34.7 Å². The van der Waals surface area contributed by atoms with Gasteiger partial charge in [-0.1, -0.05) is 6.92 Å². The summed E-state index contributed by atoms with van der Waals surface area (Å²) >= 11 is 0. The van der Waals surface area contributed by atoms with E-state index in [1.165, 1.54) is 31.6 Å².